The molecule has 0 N–H and O–H groups in total. The number of rotatable bonds is 6. The van der Waals surface area contributed by atoms with Crippen molar-refractivity contribution >= 4 is 24.5 Å². The molecule has 1 aliphatic rings. The summed E-state index contributed by atoms with van der Waals surface area (Å²) in [5, 5.41) is 0. The summed E-state index contributed by atoms with van der Waals surface area (Å²) in [6.07, 6.45) is 5.23. The van der Waals surface area contributed by atoms with E-state index in [1.165, 1.54) is 12.8 Å². The SMILES string of the molecule is CCC(CC)N1CCN(c2ccc(-c3ccccc3C=O)cn2)CC1.Cl. The maximum Gasteiger partial charge on any atom is 0.150 e. The second-order valence-corrected chi connectivity index (χ2v) is 6.60. The van der Waals surface area contributed by atoms with Crippen molar-refractivity contribution in [3.8, 4) is 11.1 Å². The van der Waals surface area contributed by atoms with Crippen LogP contribution >= 0.6 is 12.4 Å². The van der Waals surface area contributed by atoms with Crippen molar-refractivity contribution in [1.29, 1.82) is 0 Å². The lowest BCUT2D eigenvalue weighted by Gasteiger charge is -2.39. The smallest absolute Gasteiger partial charge is 0.150 e. The van der Waals surface area contributed by atoms with Gasteiger partial charge in [0.2, 0.25) is 0 Å². The molecule has 1 aromatic carbocycles. The molecule has 0 aliphatic carbocycles. The topological polar surface area (TPSA) is 36.4 Å². The van der Waals surface area contributed by atoms with Gasteiger partial charge >= 0.3 is 0 Å². The van der Waals surface area contributed by atoms with Crippen LogP contribution in [0.15, 0.2) is 42.6 Å². The summed E-state index contributed by atoms with van der Waals surface area (Å²) in [6.45, 7) is 8.80. The summed E-state index contributed by atoms with van der Waals surface area (Å²) in [5.41, 5.74) is 2.63. The van der Waals surface area contributed by atoms with Crippen LogP contribution in [0, 0.1) is 0 Å². The predicted molar refractivity (Wildman–Crippen MR) is 110 cm³/mol. The number of benzene rings is 1. The number of hydrogen-bond acceptors (Lipinski definition) is 4. The zero-order valence-electron chi connectivity index (χ0n) is 15.6. The van der Waals surface area contributed by atoms with Gasteiger partial charge in [-0.25, -0.2) is 4.98 Å². The van der Waals surface area contributed by atoms with Gasteiger partial charge in [-0.1, -0.05) is 38.1 Å². The first-order chi connectivity index (χ1) is 12.3. The Hall–Kier alpha value is -1.91. The molecule has 0 saturated carbocycles. The Morgan fingerprint density at radius 3 is 2.31 bits per heavy atom. The fourth-order valence-corrected chi connectivity index (χ4v) is 3.72. The van der Waals surface area contributed by atoms with E-state index in [0.29, 0.717) is 11.6 Å². The molecule has 4 nitrogen and oxygen atoms in total. The molecule has 0 amide bonds. The van der Waals surface area contributed by atoms with Gasteiger partial charge in [-0.3, -0.25) is 9.69 Å². The Labute approximate surface area is 162 Å². The van der Waals surface area contributed by atoms with Crippen molar-refractivity contribution in [2.24, 2.45) is 0 Å². The van der Waals surface area contributed by atoms with Gasteiger partial charge in [-0.2, -0.15) is 0 Å². The quantitative estimate of drug-likeness (QED) is 0.707. The van der Waals surface area contributed by atoms with Crippen LogP contribution in [-0.4, -0.2) is 48.4 Å². The summed E-state index contributed by atoms with van der Waals surface area (Å²) in [4.78, 5) is 20.8. The number of halogens is 1. The van der Waals surface area contributed by atoms with E-state index < -0.39 is 0 Å². The average Bonchev–Trinajstić information content (AvgIpc) is 2.69. The molecule has 140 valence electrons. The van der Waals surface area contributed by atoms with Crippen molar-refractivity contribution in [1.82, 2.24) is 9.88 Å². The molecule has 2 aromatic rings. The van der Waals surface area contributed by atoms with Gasteiger partial charge in [0.1, 0.15) is 5.82 Å². The number of pyridine rings is 1. The van der Waals surface area contributed by atoms with Crippen molar-refractivity contribution in [3.05, 3.63) is 48.2 Å². The summed E-state index contributed by atoms with van der Waals surface area (Å²) < 4.78 is 0. The molecular weight excluding hydrogens is 346 g/mol. The Bertz CT molecular complexity index is 693. The van der Waals surface area contributed by atoms with E-state index in [1.54, 1.807) is 0 Å². The third-order valence-corrected chi connectivity index (χ3v) is 5.24. The van der Waals surface area contributed by atoms with Gasteiger partial charge in [-0.05, 0) is 30.5 Å². The van der Waals surface area contributed by atoms with Crippen LogP contribution in [0.25, 0.3) is 11.1 Å². The van der Waals surface area contributed by atoms with Gasteiger partial charge in [0.15, 0.2) is 6.29 Å². The van der Waals surface area contributed by atoms with E-state index in [9.17, 15) is 4.79 Å². The lowest BCUT2D eigenvalue weighted by Crippen LogP contribution is -2.50. The largest absolute Gasteiger partial charge is 0.354 e. The second-order valence-electron chi connectivity index (χ2n) is 6.60. The number of carbonyl (C=O) groups excluding carboxylic acids is 1. The van der Waals surface area contributed by atoms with Crippen molar-refractivity contribution < 1.29 is 4.79 Å². The molecule has 2 heterocycles. The fraction of sp³-hybridized carbons (Fsp3) is 0.429. The first-order valence-electron chi connectivity index (χ1n) is 9.26. The average molecular weight is 374 g/mol. The monoisotopic (exact) mass is 373 g/mol. The van der Waals surface area contributed by atoms with Gasteiger partial charge < -0.3 is 4.90 Å². The maximum atomic E-state index is 11.2. The van der Waals surface area contributed by atoms with Crippen LogP contribution < -0.4 is 4.90 Å². The minimum Gasteiger partial charge on any atom is -0.354 e. The number of aromatic nitrogens is 1. The summed E-state index contributed by atoms with van der Waals surface area (Å²) in [6, 6.07) is 12.5. The third-order valence-electron chi connectivity index (χ3n) is 5.24. The van der Waals surface area contributed by atoms with Crippen LogP contribution in [0.3, 0.4) is 0 Å². The third kappa shape index (κ3) is 4.43. The highest BCUT2D eigenvalue weighted by Crippen LogP contribution is 2.24. The summed E-state index contributed by atoms with van der Waals surface area (Å²) in [5.74, 6) is 1.02. The Kier molecular flexibility index (Phi) is 7.61. The predicted octanol–water partition coefficient (Wildman–Crippen LogP) is 4.29. The normalized spacial score (nSPS) is 15.0. The van der Waals surface area contributed by atoms with Crippen LogP contribution in [0.1, 0.15) is 37.0 Å². The number of nitrogens with zero attached hydrogens (tertiary/aromatic N) is 3. The number of carbonyl (C=O) groups is 1. The van der Waals surface area contributed by atoms with Crippen LogP contribution in [-0.2, 0) is 0 Å². The highest BCUT2D eigenvalue weighted by atomic mass is 35.5. The van der Waals surface area contributed by atoms with E-state index in [4.69, 9.17) is 0 Å². The first kappa shape index (κ1) is 20.4. The van der Waals surface area contributed by atoms with Gasteiger partial charge in [-0.15, -0.1) is 12.4 Å². The van der Waals surface area contributed by atoms with Crippen LogP contribution in [0.2, 0.25) is 0 Å². The van der Waals surface area contributed by atoms with Crippen LogP contribution in [0.5, 0.6) is 0 Å². The van der Waals surface area contributed by atoms with E-state index in [0.717, 1.165) is 49.4 Å². The lowest BCUT2D eigenvalue weighted by molar-refractivity contribution is 0.112. The molecule has 1 aromatic heterocycles. The van der Waals surface area contributed by atoms with Crippen molar-refractivity contribution in [2.45, 2.75) is 32.7 Å². The zero-order chi connectivity index (χ0) is 17.6. The fourth-order valence-electron chi connectivity index (χ4n) is 3.72. The molecule has 1 fully saturated rings. The molecule has 0 bridgehead atoms. The Morgan fingerprint density at radius 1 is 1.04 bits per heavy atom. The summed E-state index contributed by atoms with van der Waals surface area (Å²) in [7, 11) is 0. The van der Waals surface area contributed by atoms with Gasteiger partial charge in [0.25, 0.3) is 0 Å². The standard InChI is InChI=1S/C21H27N3O.ClH/c1-3-19(4-2)23-11-13-24(14-12-23)21-10-9-17(15-22-21)20-8-6-5-7-18(20)16-25;/h5-10,15-16,19H,3-4,11-14H2,1-2H3;1H. The number of aldehydes is 1. The maximum absolute atomic E-state index is 11.2. The van der Waals surface area contributed by atoms with Crippen molar-refractivity contribution in [3.63, 3.8) is 0 Å². The number of hydrogen-bond donors (Lipinski definition) is 0. The van der Waals surface area contributed by atoms with E-state index in [2.05, 4.69) is 40.8 Å². The Balaban J connectivity index is 0.00000243. The highest BCUT2D eigenvalue weighted by Gasteiger charge is 2.22. The second kappa shape index (κ2) is 9.70. The summed E-state index contributed by atoms with van der Waals surface area (Å²) >= 11 is 0. The molecule has 0 radical (unpaired) electrons. The van der Waals surface area contributed by atoms with Gasteiger partial charge in [0.05, 0.1) is 0 Å². The molecule has 0 unspecified atom stereocenters. The molecule has 3 rings (SSSR count). The molecule has 0 spiro atoms. The lowest BCUT2D eigenvalue weighted by atomic mass is 10.0. The molecule has 5 heteroatoms. The number of piperazine rings is 1. The molecule has 1 aliphatic heterocycles. The molecule has 26 heavy (non-hydrogen) atoms. The highest BCUT2D eigenvalue weighted by molar-refractivity contribution is 5.87. The van der Waals surface area contributed by atoms with Gasteiger partial charge in [0, 0.05) is 49.5 Å². The van der Waals surface area contributed by atoms with E-state index in [-0.39, 0.29) is 12.4 Å². The minimum absolute atomic E-state index is 0. The van der Waals surface area contributed by atoms with Crippen LogP contribution in [0.4, 0.5) is 5.82 Å². The zero-order valence-corrected chi connectivity index (χ0v) is 16.4. The Morgan fingerprint density at radius 2 is 1.73 bits per heavy atom. The van der Waals surface area contributed by atoms with E-state index >= 15 is 0 Å². The van der Waals surface area contributed by atoms with Crippen molar-refractivity contribution in [2.75, 3.05) is 31.1 Å². The van der Waals surface area contributed by atoms with E-state index in [1.807, 2.05) is 30.5 Å². The molecule has 0 atom stereocenters. The number of anilines is 1. The minimum atomic E-state index is 0. The molecule has 1 saturated heterocycles. The molecular formula is C21H28ClN3O. The first-order valence-corrected chi connectivity index (χ1v) is 9.26.